The normalized spacial score (nSPS) is 9.77. The van der Waals surface area contributed by atoms with E-state index in [9.17, 15) is 9.59 Å². The number of hydrogen-bond donors (Lipinski definition) is 2. The smallest absolute Gasteiger partial charge is 0.325 e. The number of nitrogens with one attached hydrogen (secondary N) is 2. The van der Waals surface area contributed by atoms with Crippen molar-refractivity contribution in [2.45, 2.75) is 13.3 Å². The fraction of sp³-hybridized carbons (Fsp3) is 0.467. The van der Waals surface area contributed by atoms with Gasteiger partial charge in [-0.1, -0.05) is 6.07 Å². The summed E-state index contributed by atoms with van der Waals surface area (Å²) in [6.07, 6.45) is 0.632. The van der Waals surface area contributed by atoms with Gasteiger partial charge in [-0.25, -0.2) is 4.79 Å². The van der Waals surface area contributed by atoms with Gasteiger partial charge in [0.15, 0.2) is 11.5 Å². The maximum absolute atomic E-state index is 11.5. The Bertz CT molecular complexity index is 505. The third-order valence-corrected chi connectivity index (χ3v) is 2.85. The number of ether oxygens (including phenoxy) is 3. The Morgan fingerprint density at radius 1 is 1.09 bits per heavy atom. The van der Waals surface area contributed by atoms with Crippen LogP contribution in [0.25, 0.3) is 0 Å². The lowest BCUT2D eigenvalue weighted by Crippen LogP contribution is -2.39. The van der Waals surface area contributed by atoms with Crippen molar-refractivity contribution in [1.29, 1.82) is 0 Å². The van der Waals surface area contributed by atoms with Crippen LogP contribution in [0.2, 0.25) is 0 Å². The highest BCUT2D eigenvalue weighted by Gasteiger charge is 2.07. The summed E-state index contributed by atoms with van der Waals surface area (Å²) in [6.45, 7) is 2.29. The second-order valence-electron chi connectivity index (χ2n) is 4.35. The summed E-state index contributed by atoms with van der Waals surface area (Å²) >= 11 is 0. The van der Waals surface area contributed by atoms with Crippen LogP contribution >= 0.6 is 0 Å². The van der Waals surface area contributed by atoms with Crippen LogP contribution in [0.1, 0.15) is 12.5 Å². The molecule has 0 atom stereocenters. The van der Waals surface area contributed by atoms with Crippen molar-refractivity contribution in [3.8, 4) is 11.5 Å². The van der Waals surface area contributed by atoms with Gasteiger partial charge in [0.1, 0.15) is 6.54 Å². The van der Waals surface area contributed by atoms with E-state index in [0.717, 1.165) is 5.56 Å². The lowest BCUT2D eigenvalue weighted by Gasteiger charge is -2.10. The molecule has 1 aromatic carbocycles. The third kappa shape index (κ3) is 5.90. The van der Waals surface area contributed by atoms with E-state index in [1.54, 1.807) is 21.1 Å². The highest BCUT2D eigenvalue weighted by molar-refractivity contribution is 5.80. The zero-order chi connectivity index (χ0) is 16.4. The van der Waals surface area contributed by atoms with Gasteiger partial charge in [0, 0.05) is 6.54 Å². The molecule has 0 heterocycles. The predicted molar refractivity (Wildman–Crippen MR) is 81.3 cm³/mol. The van der Waals surface area contributed by atoms with Gasteiger partial charge < -0.3 is 24.8 Å². The first kappa shape index (κ1) is 17.6. The Labute approximate surface area is 129 Å². The monoisotopic (exact) mass is 310 g/mol. The molecule has 0 aliphatic rings. The molecule has 0 spiro atoms. The summed E-state index contributed by atoms with van der Waals surface area (Å²) in [5.74, 6) is 0.843. The first-order valence-corrected chi connectivity index (χ1v) is 6.99. The number of rotatable bonds is 8. The van der Waals surface area contributed by atoms with Crippen molar-refractivity contribution >= 4 is 12.0 Å². The number of amides is 2. The number of benzene rings is 1. The average Bonchev–Trinajstić information content (AvgIpc) is 2.53. The van der Waals surface area contributed by atoms with Crippen molar-refractivity contribution < 1.29 is 23.8 Å². The Hall–Kier alpha value is -2.44. The average molecular weight is 310 g/mol. The van der Waals surface area contributed by atoms with Crippen LogP contribution in [0.15, 0.2) is 18.2 Å². The Kier molecular flexibility index (Phi) is 7.60. The Morgan fingerprint density at radius 2 is 1.82 bits per heavy atom. The molecule has 1 rings (SSSR count). The first-order valence-electron chi connectivity index (χ1n) is 6.99. The molecule has 0 saturated heterocycles. The van der Waals surface area contributed by atoms with Crippen molar-refractivity contribution in [1.82, 2.24) is 10.6 Å². The van der Waals surface area contributed by atoms with Crippen molar-refractivity contribution in [2.75, 3.05) is 33.9 Å². The van der Waals surface area contributed by atoms with E-state index in [0.29, 0.717) is 31.1 Å². The summed E-state index contributed by atoms with van der Waals surface area (Å²) in [5, 5.41) is 5.09. The van der Waals surface area contributed by atoms with Gasteiger partial charge in [-0.05, 0) is 31.0 Å². The maximum atomic E-state index is 11.5. The molecule has 2 N–H and O–H groups in total. The molecule has 0 saturated carbocycles. The zero-order valence-corrected chi connectivity index (χ0v) is 13.1. The molecular weight excluding hydrogens is 288 g/mol. The summed E-state index contributed by atoms with van der Waals surface area (Å²) < 4.78 is 15.1. The summed E-state index contributed by atoms with van der Waals surface area (Å²) in [7, 11) is 3.15. The summed E-state index contributed by atoms with van der Waals surface area (Å²) in [4.78, 5) is 22.6. The molecular formula is C15H22N2O5. The van der Waals surface area contributed by atoms with E-state index in [2.05, 4.69) is 10.6 Å². The topological polar surface area (TPSA) is 85.9 Å². The molecule has 1 aromatic rings. The number of hydrogen-bond acceptors (Lipinski definition) is 5. The minimum Gasteiger partial charge on any atom is -0.493 e. The van der Waals surface area contributed by atoms with Crippen LogP contribution in [0.5, 0.6) is 11.5 Å². The molecule has 0 aliphatic carbocycles. The van der Waals surface area contributed by atoms with Crippen LogP contribution in [0, 0.1) is 0 Å². The van der Waals surface area contributed by atoms with E-state index in [1.165, 1.54) is 0 Å². The number of urea groups is 1. The fourth-order valence-electron chi connectivity index (χ4n) is 1.78. The predicted octanol–water partition coefficient (Wildman–Crippen LogP) is 1.11. The van der Waals surface area contributed by atoms with E-state index in [1.807, 2.05) is 18.2 Å². The minimum atomic E-state index is -0.461. The van der Waals surface area contributed by atoms with Gasteiger partial charge >= 0.3 is 12.0 Å². The zero-order valence-electron chi connectivity index (χ0n) is 13.1. The molecule has 22 heavy (non-hydrogen) atoms. The standard InChI is InChI=1S/C15H22N2O5/c1-4-22-14(18)10-17-15(19)16-8-7-11-5-6-12(20-2)13(9-11)21-3/h5-6,9H,4,7-8,10H2,1-3H3,(H2,16,17,19). The van der Waals surface area contributed by atoms with E-state index < -0.39 is 12.0 Å². The lowest BCUT2D eigenvalue weighted by molar-refractivity contribution is -0.141. The molecule has 0 aliphatic heterocycles. The van der Waals surface area contributed by atoms with Gasteiger partial charge in [0.05, 0.1) is 20.8 Å². The number of methoxy groups -OCH3 is 2. The second-order valence-corrected chi connectivity index (χ2v) is 4.35. The first-order chi connectivity index (χ1) is 10.6. The maximum Gasteiger partial charge on any atom is 0.325 e. The Morgan fingerprint density at radius 3 is 2.45 bits per heavy atom. The number of carbonyl (C=O) groups excluding carboxylic acids is 2. The van der Waals surface area contributed by atoms with Crippen molar-refractivity contribution in [2.24, 2.45) is 0 Å². The Balaban J connectivity index is 2.34. The molecule has 0 fully saturated rings. The third-order valence-electron chi connectivity index (χ3n) is 2.85. The minimum absolute atomic E-state index is 0.143. The number of esters is 1. The molecule has 0 radical (unpaired) electrons. The van der Waals surface area contributed by atoms with Gasteiger partial charge in [-0.3, -0.25) is 4.79 Å². The van der Waals surface area contributed by atoms with Gasteiger partial charge in [0.25, 0.3) is 0 Å². The van der Waals surface area contributed by atoms with E-state index in [4.69, 9.17) is 14.2 Å². The molecule has 2 amide bonds. The van der Waals surface area contributed by atoms with Crippen molar-refractivity contribution in [3.05, 3.63) is 23.8 Å². The molecule has 122 valence electrons. The molecule has 0 bridgehead atoms. The fourth-order valence-corrected chi connectivity index (χ4v) is 1.78. The van der Waals surface area contributed by atoms with Crippen molar-refractivity contribution in [3.63, 3.8) is 0 Å². The van der Waals surface area contributed by atoms with Crippen LogP contribution in [0.4, 0.5) is 4.79 Å². The lowest BCUT2D eigenvalue weighted by atomic mass is 10.1. The van der Waals surface area contributed by atoms with E-state index in [-0.39, 0.29) is 6.54 Å². The summed E-state index contributed by atoms with van der Waals surface area (Å²) in [6, 6.07) is 5.17. The summed E-state index contributed by atoms with van der Waals surface area (Å²) in [5.41, 5.74) is 1.00. The largest absolute Gasteiger partial charge is 0.493 e. The van der Waals surface area contributed by atoms with Crippen LogP contribution in [-0.4, -0.2) is 45.9 Å². The SMILES string of the molecule is CCOC(=O)CNC(=O)NCCc1ccc(OC)c(OC)c1. The highest BCUT2D eigenvalue weighted by atomic mass is 16.5. The van der Waals surface area contributed by atoms with Gasteiger partial charge in [-0.2, -0.15) is 0 Å². The van der Waals surface area contributed by atoms with Crippen LogP contribution < -0.4 is 20.1 Å². The van der Waals surface area contributed by atoms with Crippen LogP contribution in [0.3, 0.4) is 0 Å². The second kappa shape index (κ2) is 9.49. The molecule has 0 aromatic heterocycles. The van der Waals surface area contributed by atoms with Crippen LogP contribution in [-0.2, 0) is 16.0 Å². The molecule has 7 nitrogen and oxygen atoms in total. The van der Waals surface area contributed by atoms with Gasteiger partial charge in [0.2, 0.25) is 0 Å². The van der Waals surface area contributed by atoms with Gasteiger partial charge in [-0.15, -0.1) is 0 Å². The molecule has 7 heteroatoms. The quantitative estimate of drug-likeness (QED) is 0.703. The van der Waals surface area contributed by atoms with E-state index >= 15 is 0 Å². The highest BCUT2D eigenvalue weighted by Crippen LogP contribution is 2.27. The molecule has 0 unspecified atom stereocenters. The number of carbonyl (C=O) groups is 2.